The van der Waals surface area contributed by atoms with Crippen molar-refractivity contribution in [3.63, 3.8) is 0 Å². The minimum Gasteiger partial charge on any atom is -0.410 e. The first kappa shape index (κ1) is 33.5. The molecule has 0 saturated carbocycles. The molecule has 15 heteroatoms. The van der Waals surface area contributed by atoms with Crippen molar-refractivity contribution in [3.8, 4) is 17.3 Å². The van der Waals surface area contributed by atoms with Crippen molar-refractivity contribution in [1.82, 2.24) is 29.8 Å². The third-order valence-electron chi connectivity index (χ3n) is 9.48. The molecule has 0 bridgehead atoms. The molecular formula is C32H42FN9O2S2Si. The molecule has 0 radical (unpaired) electrons. The summed E-state index contributed by atoms with van der Waals surface area (Å²) in [5.41, 5.74) is 2.10. The number of nitrogens with zero attached hydrogens (tertiary/aromatic N) is 8. The average molecular weight is 696 g/mol. The largest absolute Gasteiger partial charge is 0.410 e. The Morgan fingerprint density at radius 2 is 1.91 bits per heavy atom. The molecule has 1 aromatic carbocycles. The predicted octanol–water partition coefficient (Wildman–Crippen LogP) is 5.66. The number of carbonyl (C=O) groups excluding carboxylic acids is 1. The molecule has 0 spiro atoms. The molecule has 0 aliphatic carbocycles. The molecule has 1 amide bonds. The number of aromatic nitrogens is 4. The fraction of sp³-hybridized carbons (Fsp3) is 0.531. The number of rotatable bonds is 10. The smallest absolute Gasteiger partial charge is 0.236 e. The first-order chi connectivity index (χ1) is 22.3. The summed E-state index contributed by atoms with van der Waals surface area (Å²) in [6, 6.07) is 8.44. The van der Waals surface area contributed by atoms with E-state index in [1.54, 1.807) is 23.5 Å². The lowest BCUT2D eigenvalue weighted by molar-refractivity contribution is -0.139. The number of anilines is 3. The Morgan fingerprint density at radius 3 is 2.57 bits per heavy atom. The molecule has 5 heterocycles. The highest BCUT2D eigenvalue weighted by atomic mass is 32.1. The van der Waals surface area contributed by atoms with E-state index < -0.39 is 8.32 Å². The monoisotopic (exact) mass is 695 g/mol. The number of amides is 1. The number of imidazole rings is 1. The van der Waals surface area contributed by atoms with Crippen molar-refractivity contribution in [1.29, 1.82) is 5.26 Å². The van der Waals surface area contributed by atoms with E-state index in [0.29, 0.717) is 47.3 Å². The minimum absolute atomic E-state index is 0.121. The van der Waals surface area contributed by atoms with Gasteiger partial charge >= 0.3 is 0 Å². The first-order valence-electron chi connectivity index (χ1n) is 16.0. The summed E-state index contributed by atoms with van der Waals surface area (Å²) in [5, 5.41) is 19.9. The van der Waals surface area contributed by atoms with E-state index in [9.17, 15) is 14.4 Å². The highest BCUT2D eigenvalue weighted by Gasteiger charge is 2.43. The Morgan fingerprint density at radius 1 is 1.19 bits per heavy atom. The fourth-order valence-electron chi connectivity index (χ4n) is 5.65. The standard InChI is InChI=1S/C32H42FN9O2S2Si/c1-8-24-28(39(5)29-37-27(25(15-34)45-29)20-9-11-21(33)12-10-20)42-30(36-24)46-31(38-42)40-14-13-22(17-40)35-16-26(43)41-18-23(19-41)44-47(6,7)32(2,3)4/h9-12,22-23,35H,8,13-14,16-19H2,1-7H3/t22-/m1/s1. The predicted molar refractivity (Wildman–Crippen MR) is 188 cm³/mol. The van der Waals surface area contributed by atoms with Crippen molar-refractivity contribution < 1.29 is 13.6 Å². The van der Waals surface area contributed by atoms with E-state index >= 15 is 0 Å². The van der Waals surface area contributed by atoms with E-state index in [2.05, 4.69) is 57.1 Å². The molecule has 47 heavy (non-hydrogen) atoms. The van der Waals surface area contributed by atoms with Gasteiger partial charge in [-0.05, 0) is 55.2 Å². The molecule has 11 nitrogen and oxygen atoms in total. The van der Waals surface area contributed by atoms with E-state index in [1.165, 1.54) is 23.5 Å². The highest BCUT2D eigenvalue weighted by molar-refractivity contribution is 7.20. The SMILES string of the molecule is CCc1nc2sc(N3CC[C@@H](NCC(=O)N4CC(O[Si](C)(C)C(C)(C)C)C4)C3)nn2c1N(C)c1nc(-c2ccc(F)cc2)c(C#N)s1. The van der Waals surface area contributed by atoms with Crippen LogP contribution in [0.2, 0.25) is 18.1 Å². The van der Waals surface area contributed by atoms with Crippen LogP contribution in [0.4, 0.5) is 20.5 Å². The van der Waals surface area contributed by atoms with E-state index in [4.69, 9.17) is 19.5 Å². The maximum atomic E-state index is 13.5. The lowest BCUT2D eigenvalue weighted by atomic mass is 10.1. The van der Waals surface area contributed by atoms with Crippen molar-refractivity contribution in [2.75, 3.05) is 49.6 Å². The van der Waals surface area contributed by atoms with Crippen LogP contribution >= 0.6 is 22.7 Å². The van der Waals surface area contributed by atoms with E-state index in [0.717, 1.165) is 41.1 Å². The summed E-state index contributed by atoms with van der Waals surface area (Å²) in [6.07, 6.45) is 1.77. The van der Waals surface area contributed by atoms with Crippen LogP contribution in [0.15, 0.2) is 24.3 Å². The van der Waals surface area contributed by atoms with Crippen molar-refractivity contribution in [2.45, 2.75) is 70.8 Å². The summed E-state index contributed by atoms with van der Waals surface area (Å²) in [6.45, 7) is 16.5. The Hall–Kier alpha value is -3.42. The zero-order chi connectivity index (χ0) is 33.7. The van der Waals surface area contributed by atoms with Crippen molar-refractivity contribution in [2.24, 2.45) is 0 Å². The zero-order valence-electron chi connectivity index (χ0n) is 28.0. The van der Waals surface area contributed by atoms with Gasteiger partial charge < -0.3 is 24.4 Å². The van der Waals surface area contributed by atoms with Gasteiger partial charge in [0.25, 0.3) is 0 Å². The van der Waals surface area contributed by atoms with Crippen LogP contribution in [0, 0.1) is 17.1 Å². The number of carbonyl (C=O) groups is 1. The van der Waals surface area contributed by atoms with Crippen LogP contribution in [0.3, 0.4) is 0 Å². The molecule has 3 aromatic heterocycles. The molecule has 6 rings (SSSR count). The van der Waals surface area contributed by atoms with E-state index in [1.807, 2.05) is 21.4 Å². The Balaban J connectivity index is 1.09. The second-order valence-corrected chi connectivity index (χ2v) is 20.4. The van der Waals surface area contributed by atoms with Gasteiger partial charge in [0.15, 0.2) is 19.3 Å². The molecule has 2 saturated heterocycles. The molecule has 1 atom stereocenters. The van der Waals surface area contributed by atoms with Gasteiger partial charge in [0.1, 0.15) is 22.5 Å². The lowest BCUT2D eigenvalue weighted by Gasteiger charge is -2.46. The molecular weight excluding hydrogens is 654 g/mol. The van der Waals surface area contributed by atoms with Crippen LogP contribution in [0.25, 0.3) is 16.2 Å². The van der Waals surface area contributed by atoms with Gasteiger partial charge in [0.2, 0.25) is 16.0 Å². The number of nitrogens with one attached hydrogen (secondary N) is 1. The Bertz CT molecular complexity index is 1800. The minimum atomic E-state index is -1.84. The van der Waals surface area contributed by atoms with Crippen molar-refractivity contribution >= 4 is 57.9 Å². The van der Waals surface area contributed by atoms with Gasteiger partial charge in [-0.25, -0.2) is 14.4 Å². The number of halogens is 1. The molecule has 0 unspecified atom stereocenters. The quantitative estimate of drug-likeness (QED) is 0.210. The van der Waals surface area contributed by atoms with Crippen LogP contribution in [0.5, 0.6) is 0 Å². The highest BCUT2D eigenvalue weighted by Crippen LogP contribution is 2.39. The molecule has 1 N–H and O–H groups in total. The third-order valence-corrected chi connectivity index (χ3v) is 16.0. The van der Waals surface area contributed by atoms with Crippen LogP contribution in [-0.4, -0.2) is 90.6 Å². The average Bonchev–Trinajstić information content (AvgIpc) is 3.79. The Kier molecular flexibility index (Phi) is 9.18. The summed E-state index contributed by atoms with van der Waals surface area (Å²) in [5.74, 6) is 0.587. The summed E-state index contributed by atoms with van der Waals surface area (Å²) in [7, 11) is 0.0683. The van der Waals surface area contributed by atoms with Crippen LogP contribution in [0.1, 0.15) is 44.7 Å². The van der Waals surface area contributed by atoms with E-state index in [-0.39, 0.29) is 28.9 Å². The second-order valence-electron chi connectivity index (χ2n) is 13.8. The molecule has 2 aliphatic heterocycles. The van der Waals surface area contributed by atoms with Crippen LogP contribution in [-0.2, 0) is 15.6 Å². The number of benzene rings is 1. The third kappa shape index (κ3) is 6.66. The maximum Gasteiger partial charge on any atom is 0.236 e. The normalized spacial score (nSPS) is 17.4. The zero-order valence-corrected chi connectivity index (χ0v) is 30.6. The number of likely N-dealkylation sites (tertiary alicyclic amines) is 1. The topological polar surface area (TPSA) is 115 Å². The number of nitriles is 1. The molecule has 2 fully saturated rings. The van der Waals surface area contributed by atoms with Gasteiger partial charge in [-0.2, -0.15) is 9.78 Å². The number of hydrogen-bond donors (Lipinski definition) is 1. The number of thiazole rings is 1. The first-order valence-corrected chi connectivity index (χ1v) is 20.5. The van der Waals surface area contributed by atoms with Gasteiger partial charge in [-0.15, -0.1) is 5.10 Å². The van der Waals surface area contributed by atoms with Gasteiger partial charge in [0.05, 0.1) is 18.3 Å². The van der Waals surface area contributed by atoms with Gasteiger partial charge in [-0.3, -0.25) is 4.79 Å². The maximum absolute atomic E-state index is 13.5. The number of hydrogen-bond acceptors (Lipinski definition) is 11. The second kappa shape index (κ2) is 12.9. The molecule has 250 valence electrons. The Labute approximate surface area is 284 Å². The van der Waals surface area contributed by atoms with Gasteiger partial charge in [0, 0.05) is 44.8 Å². The van der Waals surface area contributed by atoms with Gasteiger partial charge in [-0.1, -0.05) is 50.4 Å². The van der Waals surface area contributed by atoms with Crippen molar-refractivity contribution in [3.05, 3.63) is 40.7 Å². The number of aryl methyl sites for hydroxylation is 1. The van der Waals surface area contributed by atoms with Crippen LogP contribution < -0.4 is 15.1 Å². The fourth-order valence-corrected chi connectivity index (χ4v) is 8.78. The molecule has 4 aromatic rings. The lowest BCUT2D eigenvalue weighted by Crippen LogP contribution is -2.60. The summed E-state index contributed by atoms with van der Waals surface area (Å²) >= 11 is 2.82. The molecule has 2 aliphatic rings. The number of fused-ring (bicyclic) bond motifs is 1. The summed E-state index contributed by atoms with van der Waals surface area (Å²) in [4.78, 5) is 29.9. The summed E-state index contributed by atoms with van der Waals surface area (Å²) < 4.78 is 21.8.